The van der Waals surface area contributed by atoms with Gasteiger partial charge in [0.15, 0.2) is 11.5 Å². The first-order chi connectivity index (χ1) is 15.2. The maximum absolute atomic E-state index is 10.6. The zero-order chi connectivity index (χ0) is 21.5. The molecule has 0 fully saturated rings. The molecule has 0 saturated heterocycles. The van der Waals surface area contributed by atoms with E-state index < -0.39 is 6.10 Å². The summed E-state index contributed by atoms with van der Waals surface area (Å²) in [6, 6.07) is 17.5. The second-order valence-electron chi connectivity index (χ2n) is 7.46. The van der Waals surface area contributed by atoms with Gasteiger partial charge in [-0.25, -0.2) is 0 Å². The summed E-state index contributed by atoms with van der Waals surface area (Å²) in [5.74, 6) is 3.05. The zero-order valence-electron chi connectivity index (χ0n) is 17.5. The van der Waals surface area contributed by atoms with Crippen LogP contribution >= 0.6 is 0 Å². The third-order valence-corrected chi connectivity index (χ3v) is 4.99. The van der Waals surface area contributed by atoms with Crippen molar-refractivity contribution in [3.8, 4) is 17.2 Å². The fraction of sp³-hybridized carbons (Fsp3) is 0.333. The molecule has 0 saturated carbocycles. The molecule has 164 valence electrons. The minimum atomic E-state index is -0.644. The van der Waals surface area contributed by atoms with Gasteiger partial charge in [0.25, 0.3) is 0 Å². The minimum absolute atomic E-state index is 0.219. The molecule has 3 aromatic rings. The van der Waals surface area contributed by atoms with Gasteiger partial charge < -0.3 is 28.5 Å². The number of nitrogens with zero attached hydrogens (tertiary/aromatic N) is 1. The van der Waals surface area contributed by atoms with Crippen molar-refractivity contribution in [2.45, 2.75) is 25.8 Å². The fourth-order valence-electron chi connectivity index (χ4n) is 3.55. The van der Waals surface area contributed by atoms with Gasteiger partial charge in [-0.05, 0) is 47.5 Å². The number of hydrogen-bond acceptors (Lipinski definition) is 7. The summed E-state index contributed by atoms with van der Waals surface area (Å²) in [6.07, 6.45) is 0.964. The highest BCUT2D eigenvalue weighted by Gasteiger charge is 2.17. The molecule has 2 aromatic carbocycles. The standard InChI is InChI=1S/C24H27NO6/c1-27-21-5-2-4-18(10-21)12-25(13-19-7-8-23-24(11-19)31-17-30-23)14-20(26)15-28-16-22-6-3-9-29-22/h2-11,20,26H,12-17H2,1H3. The summed E-state index contributed by atoms with van der Waals surface area (Å²) in [5.41, 5.74) is 2.18. The van der Waals surface area contributed by atoms with E-state index in [1.165, 1.54) is 0 Å². The van der Waals surface area contributed by atoms with Gasteiger partial charge in [-0.15, -0.1) is 0 Å². The Morgan fingerprint density at radius 3 is 2.65 bits per heavy atom. The quantitative estimate of drug-likeness (QED) is 0.503. The first-order valence-electron chi connectivity index (χ1n) is 10.2. The van der Waals surface area contributed by atoms with Gasteiger partial charge >= 0.3 is 0 Å². The average molecular weight is 425 g/mol. The Morgan fingerprint density at radius 2 is 1.84 bits per heavy atom. The molecule has 1 unspecified atom stereocenters. The van der Waals surface area contributed by atoms with Crippen LogP contribution < -0.4 is 14.2 Å². The number of aliphatic hydroxyl groups excluding tert-OH is 1. The number of aliphatic hydroxyl groups is 1. The summed E-state index contributed by atoms with van der Waals surface area (Å²) >= 11 is 0. The van der Waals surface area contributed by atoms with Crippen molar-refractivity contribution in [3.05, 3.63) is 77.7 Å². The summed E-state index contributed by atoms with van der Waals surface area (Å²) < 4.78 is 27.1. The lowest BCUT2D eigenvalue weighted by molar-refractivity contribution is 0.00252. The van der Waals surface area contributed by atoms with Gasteiger partial charge in [-0.1, -0.05) is 18.2 Å². The average Bonchev–Trinajstić information content (AvgIpc) is 3.45. The number of benzene rings is 2. The number of fused-ring (bicyclic) bond motifs is 1. The van der Waals surface area contributed by atoms with Gasteiger partial charge in [-0.3, -0.25) is 4.90 Å². The van der Waals surface area contributed by atoms with Crippen molar-refractivity contribution in [3.63, 3.8) is 0 Å². The normalized spacial score (nSPS) is 13.5. The summed E-state index contributed by atoms with van der Waals surface area (Å²) in [7, 11) is 1.66. The Hall–Kier alpha value is -3.00. The fourth-order valence-corrected chi connectivity index (χ4v) is 3.55. The van der Waals surface area contributed by atoms with Crippen LogP contribution in [0.4, 0.5) is 0 Å². The summed E-state index contributed by atoms with van der Waals surface area (Å²) in [6.45, 7) is 2.55. The second kappa shape index (κ2) is 10.3. The van der Waals surface area contributed by atoms with Gasteiger partial charge in [0.1, 0.15) is 18.1 Å². The number of ether oxygens (including phenoxy) is 4. The predicted octanol–water partition coefficient (Wildman–Crippen LogP) is 3.60. The van der Waals surface area contributed by atoms with Gasteiger partial charge in [0.05, 0.1) is 26.1 Å². The smallest absolute Gasteiger partial charge is 0.231 e. The van der Waals surface area contributed by atoms with Crippen LogP contribution in [0.1, 0.15) is 16.9 Å². The van der Waals surface area contributed by atoms with Crippen molar-refractivity contribution in [1.29, 1.82) is 0 Å². The molecule has 1 aliphatic rings. The van der Waals surface area contributed by atoms with Crippen molar-refractivity contribution in [2.24, 2.45) is 0 Å². The van der Waals surface area contributed by atoms with Crippen molar-refractivity contribution in [2.75, 3.05) is 27.1 Å². The lowest BCUT2D eigenvalue weighted by Gasteiger charge is -2.25. The molecule has 7 nitrogen and oxygen atoms in total. The van der Waals surface area contributed by atoms with E-state index in [4.69, 9.17) is 23.4 Å². The molecule has 1 atom stereocenters. The van der Waals surface area contributed by atoms with Crippen LogP contribution in [0, 0.1) is 0 Å². The van der Waals surface area contributed by atoms with E-state index in [0.29, 0.717) is 26.2 Å². The molecular formula is C24H27NO6. The van der Waals surface area contributed by atoms with Crippen LogP contribution in [-0.4, -0.2) is 43.2 Å². The first-order valence-corrected chi connectivity index (χ1v) is 10.2. The number of hydrogen-bond donors (Lipinski definition) is 1. The molecule has 0 aliphatic carbocycles. The molecule has 31 heavy (non-hydrogen) atoms. The van der Waals surface area contributed by atoms with E-state index in [-0.39, 0.29) is 13.4 Å². The van der Waals surface area contributed by atoms with E-state index in [1.54, 1.807) is 13.4 Å². The largest absolute Gasteiger partial charge is 0.497 e. The van der Waals surface area contributed by atoms with E-state index >= 15 is 0 Å². The molecule has 0 spiro atoms. The van der Waals surface area contributed by atoms with Crippen molar-refractivity contribution >= 4 is 0 Å². The Balaban J connectivity index is 1.40. The minimum Gasteiger partial charge on any atom is -0.497 e. The number of furan rings is 1. The lowest BCUT2D eigenvalue weighted by Crippen LogP contribution is -2.34. The van der Waals surface area contributed by atoms with Crippen LogP contribution in [0.15, 0.2) is 65.3 Å². The monoisotopic (exact) mass is 425 g/mol. The highest BCUT2D eigenvalue weighted by Crippen LogP contribution is 2.33. The third-order valence-electron chi connectivity index (χ3n) is 4.99. The van der Waals surface area contributed by atoms with Crippen molar-refractivity contribution in [1.82, 2.24) is 4.90 Å². The third kappa shape index (κ3) is 6.01. The van der Waals surface area contributed by atoms with Gasteiger partial charge in [0, 0.05) is 19.6 Å². The molecule has 4 rings (SSSR count). The first kappa shape index (κ1) is 21.2. The van der Waals surface area contributed by atoms with Crippen LogP contribution in [0.5, 0.6) is 17.2 Å². The summed E-state index contributed by atoms with van der Waals surface area (Å²) in [4.78, 5) is 2.17. The van der Waals surface area contributed by atoms with Crippen molar-refractivity contribution < 1.29 is 28.5 Å². The SMILES string of the molecule is COc1cccc(CN(Cc2ccc3c(c2)OCO3)CC(O)COCc2ccco2)c1. The highest BCUT2D eigenvalue weighted by atomic mass is 16.7. The maximum Gasteiger partial charge on any atom is 0.231 e. The zero-order valence-corrected chi connectivity index (χ0v) is 17.5. The molecule has 1 aromatic heterocycles. The molecule has 1 aliphatic heterocycles. The van der Waals surface area contributed by atoms with Gasteiger partial charge in [-0.2, -0.15) is 0 Å². The number of rotatable bonds is 11. The van der Waals surface area contributed by atoms with E-state index in [2.05, 4.69) is 11.0 Å². The van der Waals surface area contributed by atoms with E-state index in [0.717, 1.165) is 34.1 Å². The maximum atomic E-state index is 10.6. The van der Waals surface area contributed by atoms with E-state index in [9.17, 15) is 5.11 Å². The molecule has 7 heteroatoms. The van der Waals surface area contributed by atoms with Crippen LogP contribution in [0.25, 0.3) is 0 Å². The Bertz CT molecular complexity index is 958. The Morgan fingerprint density at radius 1 is 1.00 bits per heavy atom. The van der Waals surface area contributed by atoms with Crippen LogP contribution in [0.3, 0.4) is 0 Å². The van der Waals surface area contributed by atoms with E-state index in [1.807, 2.05) is 48.5 Å². The molecule has 0 radical (unpaired) electrons. The number of methoxy groups -OCH3 is 1. The molecular weight excluding hydrogens is 398 g/mol. The lowest BCUT2D eigenvalue weighted by atomic mass is 10.1. The van der Waals surface area contributed by atoms with Crippen LogP contribution in [0.2, 0.25) is 0 Å². The molecule has 1 N–H and O–H groups in total. The molecule has 2 heterocycles. The topological polar surface area (TPSA) is 73.5 Å². The summed E-state index contributed by atoms with van der Waals surface area (Å²) in [5, 5.41) is 10.6. The second-order valence-corrected chi connectivity index (χ2v) is 7.46. The highest BCUT2D eigenvalue weighted by molar-refractivity contribution is 5.44. The Labute approximate surface area is 181 Å². The molecule has 0 bridgehead atoms. The molecule has 0 amide bonds. The predicted molar refractivity (Wildman–Crippen MR) is 114 cm³/mol. The van der Waals surface area contributed by atoms with Crippen LogP contribution in [-0.2, 0) is 24.4 Å². The van der Waals surface area contributed by atoms with Gasteiger partial charge in [0.2, 0.25) is 6.79 Å². The Kier molecular flexibility index (Phi) is 7.09.